The van der Waals surface area contributed by atoms with Crippen molar-refractivity contribution in [3.63, 3.8) is 0 Å². The van der Waals surface area contributed by atoms with Gasteiger partial charge in [-0.15, -0.1) is 11.3 Å². The highest BCUT2D eigenvalue weighted by Crippen LogP contribution is 2.38. The number of thiophene rings is 1. The van der Waals surface area contributed by atoms with E-state index in [2.05, 4.69) is 10.1 Å². The average molecular weight is 499 g/mol. The molecule has 0 amide bonds. The number of methoxy groups -OCH3 is 1. The summed E-state index contributed by atoms with van der Waals surface area (Å²) >= 11 is 7.30. The molecule has 0 unspecified atom stereocenters. The van der Waals surface area contributed by atoms with Gasteiger partial charge in [-0.2, -0.15) is 10.4 Å². The molecule has 9 nitrogen and oxygen atoms in total. The molecule has 0 bridgehead atoms. The minimum atomic E-state index is -0.695. The summed E-state index contributed by atoms with van der Waals surface area (Å²) in [4.78, 5) is 30.7. The lowest BCUT2D eigenvalue weighted by Gasteiger charge is -2.06. The van der Waals surface area contributed by atoms with Crippen molar-refractivity contribution >= 4 is 45.6 Å². The van der Waals surface area contributed by atoms with E-state index in [1.165, 1.54) is 36.4 Å². The molecule has 4 aromatic rings. The summed E-state index contributed by atoms with van der Waals surface area (Å²) in [5.41, 5.74) is 0.174. The van der Waals surface area contributed by atoms with Crippen LogP contribution in [0.3, 0.4) is 0 Å². The number of rotatable bonds is 6. The fourth-order valence-electron chi connectivity index (χ4n) is 3.27. The van der Waals surface area contributed by atoms with Gasteiger partial charge in [-0.1, -0.05) is 11.6 Å². The van der Waals surface area contributed by atoms with E-state index in [-0.39, 0.29) is 27.5 Å². The van der Waals surface area contributed by atoms with Gasteiger partial charge in [0.15, 0.2) is 11.6 Å². The molecule has 0 aliphatic carbocycles. The van der Waals surface area contributed by atoms with Gasteiger partial charge in [0.1, 0.15) is 11.2 Å². The Hall–Kier alpha value is -4.01. The minimum Gasteiger partial charge on any atom is -0.494 e. The lowest BCUT2D eigenvalue weighted by Crippen LogP contribution is -2.36. The Morgan fingerprint density at radius 2 is 2.15 bits per heavy atom. The van der Waals surface area contributed by atoms with Gasteiger partial charge in [0.25, 0.3) is 5.56 Å². The smallest absolute Gasteiger partial charge is 0.336 e. The monoisotopic (exact) mass is 498 g/mol. The van der Waals surface area contributed by atoms with Gasteiger partial charge in [0.2, 0.25) is 0 Å². The molecule has 0 atom stereocenters. The van der Waals surface area contributed by atoms with Crippen molar-refractivity contribution in [2.75, 3.05) is 7.11 Å². The molecule has 0 saturated carbocycles. The number of fused-ring (bicyclic) bond motifs is 1. The van der Waals surface area contributed by atoms with Crippen LogP contribution in [0.25, 0.3) is 26.9 Å². The summed E-state index contributed by atoms with van der Waals surface area (Å²) in [5.74, 6) is -0.642. The van der Waals surface area contributed by atoms with Crippen LogP contribution in [-0.4, -0.2) is 32.2 Å². The topological polar surface area (TPSA) is 107 Å². The molecule has 0 aliphatic rings. The number of nitrogens with zero attached hydrogens (tertiary/aromatic N) is 6. The summed E-state index contributed by atoms with van der Waals surface area (Å²) in [6, 6.07) is 6.04. The predicted molar refractivity (Wildman–Crippen MR) is 129 cm³/mol. The third kappa shape index (κ3) is 4.28. The largest absolute Gasteiger partial charge is 0.494 e. The molecule has 172 valence electrons. The van der Waals surface area contributed by atoms with Gasteiger partial charge < -0.3 is 4.74 Å². The van der Waals surface area contributed by atoms with Crippen LogP contribution >= 0.6 is 22.9 Å². The molecule has 0 radical (unpaired) electrons. The Bertz CT molecular complexity index is 1620. The highest BCUT2D eigenvalue weighted by Gasteiger charge is 2.19. The van der Waals surface area contributed by atoms with Crippen LogP contribution in [0.2, 0.25) is 5.02 Å². The van der Waals surface area contributed by atoms with E-state index in [0.717, 1.165) is 27.5 Å². The lowest BCUT2D eigenvalue weighted by molar-refractivity contribution is 0.387. The maximum absolute atomic E-state index is 14.0. The Morgan fingerprint density at radius 3 is 2.82 bits per heavy atom. The number of hydrogen-bond acceptors (Lipinski definition) is 7. The number of aliphatic imine (C=N–C) groups is 1. The van der Waals surface area contributed by atoms with Crippen molar-refractivity contribution < 1.29 is 9.13 Å². The van der Waals surface area contributed by atoms with Crippen LogP contribution in [0.4, 0.5) is 4.39 Å². The summed E-state index contributed by atoms with van der Waals surface area (Å²) in [7, 11) is 3.09. The van der Waals surface area contributed by atoms with Crippen molar-refractivity contribution in [3.05, 3.63) is 74.0 Å². The zero-order valence-electron chi connectivity index (χ0n) is 17.9. The highest BCUT2D eigenvalue weighted by molar-refractivity contribution is 7.22. The number of nitriles is 1. The van der Waals surface area contributed by atoms with E-state index in [1.54, 1.807) is 30.2 Å². The second-order valence-corrected chi connectivity index (χ2v) is 8.48. The maximum Gasteiger partial charge on any atom is 0.336 e. The quantitative estimate of drug-likeness (QED) is 0.378. The summed E-state index contributed by atoms with van der Waals surface area (Å²) in [6.07, 6.45) is 7.41. The Balaban J connectivity index is 1.84. The molecule has 1 aromatic carbocycles. The second kappa shape index (κ2) is 9.46. The molecular formula is C22H16ClFN6O3S. The van der Waals surface area contributed by atoms with Crippen LogP contribution in [0.1, 0.15) is 5.56 Å². The zero-order valence-corrected chi connectivity index (χ0v) is 19.5. The van der Waals surface area contributed by atoms with Crippen molar-refractivity contribution in [1.82, 2.24) is 18.9 Å². The van der Waals surface area contributed by atoms with Gasteiger partial charge in [-0.05, 0) is 18.2 Å². The maximum atomic E-state index is 14.0. The Morgan fingerprint density at radius 1 is 1.35 bits per heavy atom. The van der Waals surface area contributed by atoms with E-state index in [4.69, 9.17) is 16.3 Å². The lowest BCUT2D eigenvalue weighted by atomic mass is 10.1. The minimum absolute atomic E-state index is 0.0157. The molecule has 4 rings (SSSR count). The number of hydrogen-bond donors (Lipinski definition) is 0. The molecule has 0 saturated heterocycles. The van der Waals surface area contributed by atoms with E-state index in [9.17, 15) is 19.2 Å². The summed E-state index contributed by atoms with van der Waals surface area (Å²) < 4.78 is 22.9. The Kier molecular flexibility index (Phi) is 6.45. The molecule has 0 aliphatic heterocycles. The fraction of sp³-hybridized carbons (Fsp3) is 0.136. The first-order valence-electron chi connectivity index (χ1n) is 9.71. The highest BCUT2D eigenvalue weighted by atomic mass is 35.5. The van der Waals surface area contributed by atoms with Gasteiger partial charge >= 0.3 is 5.69 Å². The zero-order chi connectivity index (χ0) is 24.4. The number of ether oxygens (including phenoxy) is 1. The van der Waals surface area contributed by atoms with Gasteiger partial charge in [0, 0.05) is 47.9 Å². The third-order valence-corrected chi connectivity index (χ3v) is 6.30. The molecule has 0 N–H and O–H groups in total. The molecule has 34 heavy (non-hydrogen) atoms. The van der Waals surface area contributed by atoms with E-state index >= 15 is 0 Å². The molecule has 3 heterocycles. The first kappa shape index (κ1) is 23.2. The van der Waals surface area contributed by atoms with Gasteiger partial charge in [-0.25, -0.2) is 13.8 Å². The third-order valence-electron chi connectivity index (χ3n) is 4.84. The molecule has 12 heteroatoms. The summed E-state index contributed by atoms with van der Waals surface area (Å²) in [5, 5.41) is 13.4. The molecule has 0 spiro atoms. The van der Waals surface area contributed by atoms with Crippen LogP contribution < -0.4 is 16.0 Å². The molecular weight excluding hydrogens is 483 g/mol. The summed E-state index contributed by atoms with van der Waals surface area (Å²) in [6.45, 7) is -0.279. The van der Waals surface area contributed by atoms with E-state index in [1.807, 2.05) is 6.07 Å². The van der Waals surface area contributed by atoms with Crippen LogP contribution in [0.15, 0.2) is 51.4 Å². The fourth-order valence-corrected chi connectivity index (χ4v) is 4.70. The van der Waals surface area contributed by atoms with Crippen molar-refractivity contribution in [1.29, 1.82) is 5.26 Å². The number of halogens is 2. The molecule has 0 fully saturated rings. The van der Waals surface area contributed by atoms with Gasteiger partial charge in [0.05, 0.1) is 29.9 Å². The first-order chi connectivity index (χ1) is 16.3. The SMILES string of the molecule is COc1cc(-c2cc3c(s2)c(=O)n(/C=C/N=Cc2cnn(C)c2)c(=O)n3CC#N)c(Cl)cc1F. The normalized spacial score (nSPS) is 11.6. The van der Waals surface area contributed by atoms with Crippen molar-refractivity contribution in [2.24, 2.45) is 12.0 Å². The molecule has 3 aromatic heterocycles. The number of aryl methyl sites for hydroxylation is 1. The van der Waals surface area contributed by atoms with Crippen LogP contribution in [0.5, 0.6) is 5.75 Å². The van der Waals surface area contributed by atoms with Crippen LogP contribution in [0, 0.1) is 17.1 Å². The Labute approximate surface area is 200 Å². The van der Waals surface area contributed by atoms with Gasteiger partial charge in [-0.3, -0.25) is 19.0 Å². The predicted octanol–water partition coefficient (Wildman–Crippen LogP) is 3.50. The van der Waals surface area contributed by atoms with Crippen LogP contribution in [-0.2, 0) is 13.6 Å². The number of aromatic nitrogens is 4. The average Bonchev–Trinajstić information content (AvgIpc) is 3.43. The van der Waals surface area contributed by atoms with E-state index in [0.29, 0.717) is 10.4 Å². The first-order valence-corrected chi connectivity index (χ1v) is 10.9. The second-order valence-electron chi connectivity index (χ2n) is 7.02. The van der Waals surface area contributed by atoms with E-state index < -0.39 is 17.1 Å². The van der Waals surface area contributed by atoms with Crippen molar-refractivity contribution in [3.8, 4) is 22.3 Å². The standard InChI is InChI=1S/C22H16ClFN6O3S/c1-28-12-13(11-27-28)10-26-4-6-30-21(31)20-17(29(5-3-25)22(30)32)9-19(34-20)14-7-18(33-2)16(24)8-15(14)23/h4,6-12H,5H2,1-2H3/b6-4+,26-10?. The van der Waals surface area contributed by atoms with Crippen molar-refractivity contribution in [2.45, 2.75) is 6.54 Å². The number of benzene rings is 1.